The van der Waals surface area contributed by atoms with Gasteiger partial charge in [-0.3, -0.25) is 4.72 Å². The third-order valence-electron chi connectivity index (χ3n) is 4.96. The van der Waals surface area contributed by atoms with E-state index in [4.69, 9.17) is 14.0 Å². The van der Waals surface area contributed by atoms with Gasteiger partial charge in [0.2, 0.25) is 5.88 Å². The highest BCUT2D eigenvalue weighted by Crippen LogP contribution is 2.37. The van der Waals surface area contributed by atoms with Crippen LogP contribution in [0.25, 0.3) is 0 Å². The number of nitrogens with zero attached hydrogens (tertiary/aromatic N) is 1. The summed E-state index contributed by atoms with van der Waals surface area (Å²) in [5, 5.41) is 0. The molecule has 0 bridgehead atoms. The van der Waals surface area contributed by atoms with Gasteiger partial charge in [0.25, 0.3) is 10.0 Å². The average Bonchev–Trinajstić information content (AvgIpc) is 2.82. The van der Waals surface area contributed by atoms with E-state index >= 15 is 0 Å². The van der Waals surface area contributed by atoms with Gasteiger partial charge in [0.15, 0.2) is 0 Å². The minimum atomic E-state index is -4.19. The van der Waals surface area contributed by atoms with Crippen LogP contribution in [0.1, 0.15) is 27.7 Å². The number of pyridine rings is 1. The van der Waals surface area contributed by atoms with Gasteiger partial charge in [0.1, 0.15) is 16.4 Å². The number of sulfonamides is 1. The van der Waals surface area contributed by atoms with Crippen molar-refractivity contribution in [3.8, 4) is 5.88 Å². The number of hydrogen-bond acceptors (Lipinski definition) is 6. The van der Waals surface area contributed by atoms with Crippen molar-refractivity contribution in [1.29, 1.82) is 0 Å². The predicted octanol–water partition coefficient (Wildman–Crippen LogP) is 2.33. The van der Waals surface area contributed by atoms with Crippen LogP contribution in [0.4, 0.5) is 10.1 Å². The number of benzene rings is 1. The van der Waals surface area contributed by atoms with Crippen molar-refractivity contribution < 1.29 is 26.9 Å². The highest BCUT2D eigenvalue weighted by Gasteiger charge is 2.52. The first-order valence-electron chi connectivity index (χ1n) is 8.64. The molecular formula is C18H22BFN2O5S. The van der Waals surface area contributed by atoms with E-state index < -0.39 is 39.1 Å². The second kappa shape index (κ2) is 7.02. The van der Waals surface area contributed by atoms with E-state index in [0.29, 0.717) is 5.46 Å². The standard InChI is InChI=1S/C18H22BFN2O5S/c1-17(2)18(3,4)27-19(26-17)12-10-14(16(25-5)21-11-12)22-28(23,24)15-9-7-6-8-13(15)20/h6-11,22H,1-5H3. The Labute approximate surface area is 164 Å². The Balaban J connectivity index is 1.96. The van der Waals surface area contributed by atoms with Gasteiger partial charge >= 0.3 is 7.12 Å². The molecule has 150 valence electrons. The summed E-state index contributed by atoms with van der Waals surface area (Å²) in [6.07, 6.45) is 1.49. The molecule has 1 saturated heterocycles. The van der Waals surface area contributed by atoms with Gasteiger partial charge in [-0.05, 0) is 45.9 Å². The predicted molar refractivity (Wildman–Crippen MR) is 104 cm³/mol. The summed E-state index contributed by atoms with van der Waals surface area (Å²) in [7, 11) is -3.57. The SMILES string of the molecule is COc1ncc(B2OC(C)(C)C(C)(C)O2)cc1NS(=O)(=O)c1ccccc1F. The Morgan fingerprint density at radius 2 is 1.75 bits per heavy atom. The van der Waals surface area contributed by atoms with Gasteiger partial charge in [-0.25, -0.2) is 17.8 Å². The molecule has 0 radical (unpaired) electrons. The van der Waals surface area contributed by atoms with Crippen LogP contribution in [0, 0.1) is 5.82 Å². The summed E-state index contributed by atoms with van der Waals surface area (Å²) >= 11 is 0. The van der Waals surface area contributed by atoms with Crippen molar-refractivity contribution in [3.05, 3.63) is 42.3 Å². The van der Waals surface area contributed by atoms with Crippen molar-refractivity contribution in [2.75, 3.05) is 11.8 Å². The fourth-order valence-corrected chi connectivity index (χ4v) is 3.80. The summed E-state index contributed by atoms with van der Waals surface area (Å²) in [6.45, 7) is 7.63. The molecule has 1 aromatic heterocycles. The van der Waals surface area contributed by atoms with E-state index in [1.807, 2.05) is 27.7 Å². The first kappa shape index (κ1) is 20.6. The summed E-state index contributed by atoms with van der Waals surface area (Å²) in [5.74, 6) is -0.816. The van der Waals surface area contributed by atoms with E-state index in [0.717, 1.165) is 6.07 Å². The minimum Gasteiger partial charge on any atom is -0.480 e. The Morgan fingerprint density at radius 1 is 1.14 bits per heavy atom. The number of aromatic nitrogens is 1. The first-order valence-corrected chi connectivity index (χ1v) is 10.1. The van der Waals surface area contributed by atoms with E-state index in [2.05, 4.69) is 9.71 Å². The van der Waals surface area contributed by atoms with Crippen LogP contribution in [0.2, 0.25) is 0 Å². The molecule has 0 aliphatic carbocycles. The maximum absolute atomic E-state index is 14.0. The summed E-state index contributed by atoms with van der Waals surface area (Å²) < 4.78 is 58.6. The Hall–Kier alpha value is -2.17. The normalized spacial score (nSPS) is 18.1. The van der Waals surface area contributed by atoms with Gasteiger partial charge in [-0.1, -0.05) is 12.1 Å². The van der Waals surface area contributed by atoms with Crippen molar-refractivity contribution in [1.82, 2.24) is 4.98 Å². The zero-order valence-electron chi connectivity index (χ0n) is 16.3. The van der Waals surface area contributed by atoms with Gasteiger partial charge in [-0.2, -0.15) is 0 Å². The smallest absolute Gasteiger partial charge is 0.480 e. The number of methoxy groups -OCH3 is 1. The lowest BCUT2D eigenvalue weighted by Gasteiger charge is -2.32. The molecule has 1 fully saturated rings. The minimum absolute atomic E-state index is 0.0418. The van der Waals surface area contributed by atoms with E-state index in [-0.39, 0.29) is 11.6 Å². The molecule has 2 aromatic rings. The first-order chi connectivity index (χ1) is 13.0. The zero-order chi connectivity index (χ0) is 20.7. The number of halogens is 1. The highest BCUT2D eigenvalue weighted by atomic mass is 32.2. The second-order valence-electron chi connectivity index (χ2n) is 7.45. The molecule has 0 amide bonds. The number of rotatable bonds is 5. The number of ether oxygens (including phenoxy) is 1. The quantitative estimate of drug-likeness (QED) is 0.765. The maximum atomic E-state index is 14.0. The molecule has 0 spiro atoms. The molecule has 1 aromatic carbocycles. The van der Waals surface area contributed by atoms with Crippen molar-refractivity contribution >= 4 is 28.3 Å². The Morgan fingerprint density at radius 3 is 2.32 bits per heavy atom. The third-order valence-corrected chi connectivity index (χ3v) is 6.36. The van der Waals surface area contributed by atoms with Gasteiger partial charge < -0.3 is 14.0 Å². The highest BCUT2D eigenvalue weighted by molar-refractivity contribution is 7.92. The molecular weight excluding hydrogens is 386 g/mol. The molecule has 1 aliphatic rings. The fraction of sp³-hybridized carbons (Fsp3) is 0.389. The van der Waals surface area contributed by atoms with Crippen molar-refractivity contribution in [2.24, 2.45) is 0 Å². The van der Waals surface area contributed by atoms with Crippen LogP contribution in [0.3, 0.4) is 0 Å². The Kier molecular flexibility index (Phi) is 5.16. The molecule has 1 N–H and O–H groups in total. The van der Waals surface area contributed by atoms with Crippen LogP contribution >= 0.6 is 0 Å². The molecule has 3 rings (SSSR count). The van der Waals surface area contributed by atoms with E-state index in [9.17, 15) is 12.8 Å². The second-order valence-corrected chi connectivity index (χ2v) is 9.10. The largest absolute Gasteiger partial charge is 0.496 e. The molecule has 2 heterocycles. The average molecular weight is 408 g/mol. The lowest BCUT2D eigenvalue weighted by molar-refractivity contribution is 0.00578. The number of anilines is 1. The third kappa shape index (κ3) is 3.72. The Bertz CT molecular complexity index is 981. The summed E-state index contributed by atoms with van der Waals surface area (Å²) in [5.41, 5.74) is -0.571. The van der Waals surface area contributed by atoms with E-state index in [1.54, 1.807) is 0 Å². The maximum Gasteiger partial charge on any atom is 0.496 e. The molecule has 1 aliphatic heterocycles. The van der Waals surface area contributed by atoms with Gasteiger partial charge in [-0.15, -0.1) is 0 Å². The molecule has 0 atom stereocenters. The van der Waals surface area contributed by atoms with Crippen LogP contribution < -0.4 is 14.9 Å². The zero-order valence-corrected chi connectivity index (χ0v) is 17.1. The van der Waals surface area contributed by atoms with Crippen LogP contribution in [0.15, 0.2) is 41.4 Å². The van der Waals surface area contributed by atoms with Crippen LogP contribution in [-0.4, -0.2) is 38.8 Å². The fourth-order valence-electron chi connectivity index (χ4n) is 2.67. The molecule has 28 heavy (non-hydrogen) atoms. The van der Waals surface area contributed by atoms with Crippen molar-refractivity contribution in [2.45, 2.75) is 43.8 Å². The van der Waals surface area contributed by atoms with Gasteiger partial charge in [0, 0.05) is 11.7 Å². The number of hydrogen-bond donors (Lipinski definition) is 1. The monoisotopic (exact) mass is 408 g/mol. The summed E-state index contributed by atoms with van der Waals surface area (Å²) in [6, 6.07) is 6.61. The number of nitrogens with one attached hydrogen (secondary N) is 1. The van der Waals surface area contributed by atoms with Crippen molar-refractivity contribution in [3.63, 3.8) is 0 Å². The topological polar surface area (TPSA) is 86.8 Å². The lowest BCUT2D eigenvalue weighted by atomic mass is 9.80. The van der Waals surface area contributed by atoms with Gasteiger partial charge in [0.05, 0.1) is 18.3 Å². The molecule has 0 saturated carbocycles. The lowest BCUT2D eigenvalue weighted by Crippen LogP contribution is -2.41. The molecule has 10 heteroatoms. The van der Waals surface area contributed by atoms with Crippen LogP contribution in [0.5, 0.6) is 5.88 Å². The molecule has 7 nitrogen and oxygen atoms in total. The summed E-state index contributed by atoms with van der Waals surface area (Å²) in [4.78, 5) is 3.66. The molecule has 0 unspecified atom stereocenters. The van der Waals surface area contributed by atoms with Crippen LogP contribution in [-0.2, 0) is 19.3 Å². The van der Waals surface area contributed by atoms with E-state index in [1.165, 1.54) is 37.6 Å².